The number of hydrogen-bond donors (Lipinski definition) is 2. The van der Waals surface area contributed by atoms with Crippen molar-refractivity contribution in [1.82, 2.24) is 5.32 Å². The fraction of sp³-hybridized carbons (Fsp3) is 0.588. The maximum absolute atomic E-state index is 14.1. The number of halogens is 2. The molecule has 6 heteroatoms. The molecule has 0 spiro atoms. The Kier molecular flexibility index (Phi) is 6.00. The van der Waals surface area contributed by atoms with Crippen LogP contribution in [0.1, 0.15) is 32.3 Å². The molecule has 2 rings (SSSR count). The minimum atomic E-state index is -0.631. The van der Waals surface area contributed by atoms with Crippen molar-refractivity contribution in [2.45, 2.75) is 38.1 Å². The average Bonchev–Trinajstić information content (AvgIpc) is 2.52. The van der Waals surface area contributed by atoms with Gasteiger partial charge in [-0.2, -0.15) is 0 Å². The van der Waals surface area contributed by atoms with E-state index in [9.17, 15) is 9.18 Å². The van der Waals surface area contributed by atoms with Crippen molar-refractivity contribution in [2.24, 2.45) is 11.7 Å². The second kappa shape index (κ2) is 7.60. The summed E-state index contributed by atoms with van der Waals surface area (Å²) in [5, 5.41) is 3.20. The summed E-state index contributed by atoms with van der Waals surface area (Å²) >= 11 is 6.12. The van der Waals surface area contributed by atoms with Gasteiger partial charge >= 0.3 is 0 Å². The number of nitrogens with one attached hydrogen (secondary N) is 1. The summed E-state index contributed by atoms with van der Waals surface area (Å²) in [6.07, 6.45) is 1.58. The molecule has 1 fully saturated rings. The van der Waals surface area contributed by atoms with Crippen molar-refractivity contribution in [2.75, 3.05) is 19.8 Å². The topological polar surface area (TPSA) is 64.4 Å². The Hall–Kier alpha value is -1.17. The summed E-state index contributed by atoms with van der Waals surface area (Å²) in [6, 6.07) is 4.03. The van der Waals surface area contributed by atoms with E-state index in [1.807, 2.05) is 13.8 Å². The van der Waals surface area contributed by atoms with Gasteiger partial charge in [0, 0.05) is 35.8 Å². The number of carbonyl (C=O) groups is 1. The van der Waals surface area contributed by atoms with Crippen molar-refractivity contribution >= 4 is 17.5 Å². The normalized spacial score (nSPS) is 17.8. The molecule has 1 atom stereocenters. The number of rotatable bonds is 5. The van der Waals surface area contributed by atoms with Gasteiger partial charge in [-0.1, -0.05) is 31.5 Å². The first-order valence-electron chi connectivity index (χ1n) is 7.88. The summed E-state index contributed by atoms with van der Waals surface area (Å²) in [5.74, 6) is -0.452. The molecule has 1 aliphatic heterocycles. The summed E-state index contributed by atoms with van der Waals surface area (Å²) < 4.78 is 19.4. The summed E-state index contributed by atoms with van der Waals surface area (Å²) in [4.78, 5) is 12.3. The Balaban J connectivity index is 1.99. The third kappa shape index (κ3) is 4.43. The first-order valence-corrected chi connectivity index (χ1v) is 8.26. The molecule has 1 heterocycles. The molecule has 1 aromatic rings. The van der Waals surface area contributed by atoms with E-state index in [-0.39, 0.29) is 24.2 Å². The van der Waals surface area contributed by atoms with Gasteiger partial charge in [-0.3, -0.25) is 4.79 Å². The van der Waals surface area contributed by atoms with Gasteiger partial charge in [-0.25, -0.2) is 4.39 Å². The monoisotopic (exact) mass is 342 g/mol. The number of amides is 1. The molecular weight excluding hydrogens is 319 g/mol. The molecular formula is C17H24ClFN2O2. The molecule has 3 N–H and O–H groups in total. The Morgan fingerprint density at radius 3 is 2.74 bits per heavy atom. The van der Waals surface area contributed by atoms with Gasteiger partial charge < -0.3 is 15.8 Å². The number of nitrogens with two attached hydrogens (primary N) is 1. The van der Waals surface area contributed by atoms with E-state index in [1.54, 1.807) is 12.1 Å². The maximum Gasteiger partial charge on any atom is 0.237 e. The van der Waals surface area contributed by atoms with Crippen LogP contribution in [0.2, 0.25) is 5.02 Å². The van der Waals surface area contributed by atoms with Crippen LogP contribution in [0.4, 0.5) is 4.39 Å². The molecule has 1 saturated heterocycles. The number of ether oxygens (including phenoxy) is 1. The molecule has 4 nitrogen and oxygen atoms in total. The van der Waals surface area contributed by atoms with E-state index >= 15 is 0 Å². The fourth-order valence-corrected chi connectivity index (χ4v) is 3.37. The van der Waals surface area contributed by atoms with Crippen molar-refractivity contribution in [3.63, 3.8) is 0 Å². The van der Waals surface area contributed by atoms with E-state index in [4.69, 9.17) is 22.1 Å². The number of carbonyl (C=O) groups excluding carboxylic acids is 1. The second-order valence-corrected chi connectivity index (χ2v) is 7.08. The van der Waals surface area contributed by atoms with E-state index < -0.39 is 11.5 Å². The predicted molar refractivity (Wildman–Crippen MR) is 89.0 cm³/mol. The minimum Gasteiger partial charge on any atom is -0.381 e. The standard InChI is InChI=1S/C17H24ClFN2O2/c1-17(2,14-12(18)4-3-5-13(14)19)10-21-16(22)15(20)11-6-8-23-9-7-11/h3-5,11,15H,6-10,20H2,1-2H3,(H,21,22). The first kappa shape index (κ1) is 18.2. The Morgan fingerprint density at radius 2 is 2.13 bits per heavy atom. The Bertz CT molecular complexity index is 539. The van der Waals surface area contributed by atoms with Crippen LogP contribution >= 0.6 is 11.6 Å². The number of benzene rings is 1. The molecule has 1 aliphatic rings. The van der Waals surface area contributed by atoms with Gasteiger partial charge in [-0.15, -0.1) is 0 Å². The van der Waals surface area contributed by atoms with Crippen LogP contribution < -0.4 is 11.1 Å². The zero-order chi connectivity index (χ0) is 17.0. The van der Waals surface area contributed by atoms with Crippen LogP contribution in [-0.2, 0) is 14.9 Å². The highest BCUT2D eigenvalue weighted by Crippen LogP contribution is 2.31. The van der Waals surface area contributed by atoms with Crippen molar-refractivity contribution in [3.8, 4) is 0 Å². The average molecular weight is 343 g/mol. The van der Waals surface area contributed by atoms with Crippen LogP contribution in [0, 0.1) is 11.7 Å². The van der Waals surface area contributed by atoms with Crippen LogP contribution in [-0.4, -0.2) is 31.7 Å². The predicted octanol–water partition coefficient (Wildman–Crippen LogP) is 2.63. The third-order valence-electron chi connectivity index (χ3n) is 4.42. The maximum atomic E-state index is 14.1. The van der Waals surface area contributed by atoms with E-state index in [0.29, 0.717) is 23.8 Å². The van der Waals surface area contributed by atoms with Gasteiger partial charge in [0.1, 0.15) is 5.82 Å². The van der Waals surface area contributed by atoms with E-state index in [1.165, 1.54) is 6.07 Å². The third-order valence-corrected chi connectivity index (χ3v) is 4.74. The van der Waals surface area contributed by atoms with Crippen LogP contribution in [0.25, 0.3) is 0 Å². The highest BCUT2D eigenvalue weighted by molar-refractivity contribution is 6.31. The molecule has 0 saturated carbocycles. The van der Waals surface area contributed by atoms with Gasteiger partial charge in [0.2, 0.25) is 5.91 Å². The first-order chi connectivity index (χ1) is 10.8. The van der Waals surface area contributed by atoms with Crippen LogP contribution in [0.15, 0.2) is 18.2 Å². The fourth-order valence-electron chi connectivity index (χ4n) is 2.95. The SMILES string of the molecule is CC(C)(CNC(=O)C(N)C1CCOCC1)c1c(F)cccc1Cl. The molecule has 1 amide bonds. The van der Waals surface area contributed by atoms with E-state index in [0.717, 1.165) is 12.8 Å². The van der Waals surface area contributed by atoms with Crippen LogP contribution in [0.3, 0.4) is 0 Å². The van der Waals surface area contributed by atoms with Gasteiger partial charge in [0.05, 0.1) is 6.04 Å². The smallest absolute Gasteiger partial charge is 0.237 e. The lowest BCUT2D eigenvalue weighted by molar-refractivity contribution is -0.124. The lowest BCUT2D eigenvalue weighted by Crippen LogP contribution is -2.49. The zero-order valence-corrected chi connectivity index (χ0v) is 14.3. The summed E-state index contributed by atoms with van der Waals surface area (Å²) in [6.45, 7) is 5.24. The molecule has 1 unspecified atom stereocenters. The molecule has 128 valence electrons. The Labute approximate surface area is 141 Å². The molecule has 0 aromatic heterocycles. The lowest BCUT2D eigenvalue weighted by atomic mass is 9.83. The largest absolute Gasteiger partial charge is 0.381 e. The molecule has 23 heavy (non-hydrogen) atoms. The molecule has 0 aliphatic carbocycles. The van der Waals surface area contributed by atoms with Crippen LogP contribution in [0.5, 0.6) is 0 Å². The number of hydrogen-bond acceptors (Lipinski definition) is 3. The van der Waals surface area contributed by atoms with Gasteiger partial charge in [-0.05, 0) is 30.9 Å². The van der Waals surface area contributed by atoms with Crippen molar-refractivity contribution < 1.29 is 13.9 Å². The van der Waals surface area contributed by atoms with Crippen molar-refractivity contribution in [1.29, 1.82) is 0 Å². The highest BCUT2D eigenvalue weighted by Gasteiger charge is 2.30. The molecule has 1 aromatic carbocycles. The highest BCUT2D eigenvalue weighted by atomic mass is 35.5. The second-order valence-electron chi connectivity index (χ2n) is 6.67. The van der Waals surface area contributed by atoms with Gasteiger partial charge in [0.15, 0.2) is 0 Å². The molecule has 0 radical (unpaired) electrons. The minimum absolute atomic E-state index is 0.129. The van der Waals surface area contributed by atoms with E-state index in [2.05, 4.69) is 5.32 Å². The zero-order valence-electron chi connectivity index (χ0n) is 13.6. The summed E-state index contributed by atoms with van der Waals surface area (Å²) in [5.41, 5.74) is 5.82. The van der Waals surface area contributed by atoms with Gasteiger partial charge in [0.25, 0.3) is 0 Å². The molecule has 0 bridgehead atoms. The van der Waals surface area contributed by atoms with Crippen molar-refractivity contribution in [3.05, 3.63) is 34.6 Å². The quantitative estimate of drug-likeness (QED) is 0.864. The Morgan fingerprint density at radius 1 is 1.48 bits per heavy atom. The summed E-state index contributed by atoms with van der Waals surface area (Å²) in [7, 11) is 0. The lowest BCUT2D eigenvalue weighted by Gasteiger charge is -2.30.